The molecule has 3 aromatic heterocycles. The van der Waals surface area contributed by atoms with Gasteiger partial charge in [-0.05, 0) is 31.4 Å². The standard InChI is InChI=1S/C27H30FN5O2/c1-4-22(5-2)33-17-21(10-11-26(33)34)24-16-30-18(3)27(31-24)25-14-23(32-35-25)20-8-6-19(7-9-20)15-29-13-12-28/h6-11,14,16-17,22,29H,4-5,12-13,15H2,1-3H3. The first-order valence-electron chi connectivity index (χ1n) is 11.9. The molecule has 8 heteroatoms. The van der Waals surface area contributed by atoms with Gasteiger partial charge in [0.05, 0.1) is 17.6 Å². The van der Waals surface area contributed by atoms with E-state index in [4.69, 9.17) is 9.51 Å². The van der Waals surface area contributed by atoms with Crippen LogP contribution in [-0.2, 0) is 6.54 Å². The Labute approximate surface area is 204 Å². The minimum Gasteiger partial charge on any atom is -0.354 e. The summed E-state index contributed by atoms with van der Waals surface area (Å²) < 4.78 is 19.7. The largest absolute Gasteiger partial charge is 0.354 e. The van der Waals surface area contributed by atoms with Crippen LogP contribution in [0.3, 0.4) is 0 Å². The summed E-state index contributed by atoms with van der Waals surface area (Å²) in [6, 6.07) is 13.2. The van der Waals surface area contributed by atoms with E-state index >= 15 is 0 Å². The van der Waals surface area contributed by atoms with Crippen LogP contribution >= 0.6 is 0 Å². The van der Waals surface area contributed by atoms with Crippen molar-refractivity contribution in [2.24, 2.45) is 0 Å². The third-order valence-corrected chi connectivity index (χ3v) is 6.12. The van der Waals surface area contributed by atoms with Gasteiger partial charge in [-0.25, -0.2) is 9.37 Å². The molecular formula is C27H30FN5O2. The summed E-state index contributed by atoms with van der Waals surface area (Å²) in [6.07, 6.45) is 5.32. The molecule has 0 saturated heterocycles. The Kier molecular flexibility index (Phi) is 7.82. The highest BCUT2D eigenvalue weighted by atomic mass is 19.1. The lowest BCUT2D eigenvalue weighted by atomic mass is 10.1. The number of benzene rings is 1. The molecule has 0 aliphatic rings. The quantitative estimate of drug-likeness (QED) is 0.311. The minimum absolute atomic E-state index is 0.0215. The van der Waals surface area contributed by atoms with E-state index in [1.54, 1.807) is 22.9 Å². The molecule has 7 nitrogen and oxygen atoms in total. The Morgan fingerprint density at radius 2 is 1.80 bits per heavy atom. The van der Waals surface area contributed by atoms with E-state index in [9.17, 15) is 9.18 Å². The zero-order valence-electron chi connectivity index (χ0n) is 20.3. The van der Waals surface area contributed by atoms with Crippen molar-refractivity contribution in [3.63, 3.8) is 0 Å². The van der Waals surface area contributed by atoms with Gasteiger partial charge in [0.2, 0.25) is 0 Å². The van der Waals surface area contributed by atoms with Gasteiger partial charge in [-0.15, -0.1) is 0 Å². The van der Waals surface area contributed by atoms with Crippen LogP contribution in [0.4, 0.5) is 4.39 Å². The van der Waals surface area contributed by atoms with Crippen molar-refractivity contribution in [1.82, 2.24) is 25.0 Å². The Hall–Kier alpha value is -3.65. The van der Waals surface area contributed by atoms with E-state index in [2.05, 4.69) is 29.3 Å². The highest BCUT2D eigenvalue weighted by Crippen LogP contribution is 2.28. The van der Waals surface area contributed by atoms with Crippen molar-refractivity contribution in [2.45, 2.75) is 46.2 Å². The van der Waals surface area contributed by atoms with Gasteiger partial charge in [0.15, 0.2) is 5.76 Å². The van der Waals surface area contributed by atoms with Gasteiger partial charge in [0.25, 0.3) is 5.56 Å². The van der Waals surface area contributed by atoms with Gasteiger partial charge < -0.3 is 14.4 Å². The first-order valence-corrected chi connectivity index (χ1v) is 11.9. The van der Waals surface area contributed by atoms with Crippen LogP contribution in [0.5, 0.6) is 0 Å². The summed E-state index contributed by atoms with van der Waals surface area (Å²) in [5.74, 6) is 0.522. The first kappa shape index (κ1) is 24.5. The minimum atomic E-state index is -0.384. The second-order valence-corrected chi connectivity index (χ2v) is 8.46. The molecule has 1 aromatic carbocycles. The van der Waals surface area contributed by atoms with Gasteiger partial charge >= 0.3 is 0 Å². The summed E-state index contributed by atoms with van der Waals surface area (Å²) in [6.45, 7) is 6.60. The molecular weight excluding hydrogens is 445 g/mol. The third kappa shape index (κ3) is 5.54. The SMILES string of the molecule is CCC(CC)n1cc(-c2cnc(C)c(-c3cc(-c4ccc(CNCCF)cc4)no3)n2)ccc1=O. The van der Waals surface area contributed by atoms with Gasteiger partial charge in [-0.1, -0.05) is 43.3 Å². The Bertz CT molecular complexity index is 1330. The van der Waals surface area contributed by atoms with Gasteiger partial charge in [-0.3, -0.25) is 9.78 Å². The van der Waals surface area contributed by atoms with Crippen LogP contribution in [0.2, 0.25) is 0 Å². The van der Waals surface area contributed by atoms with Gasteiger partial charge in [0.1, 0.15) is 18.1 Å². The maximum Gasteiger partial charge on any atom is 0.250 e. The number of hydrogen-bond donors (Lipinski definition) is 1. The predicted octanol–water partition coefficient (Wildman–Crippen LogP) is 5.36. The molecule has 0 aliphatic carbocycles. The summed E-state index contributed by atoms with van der Waals surface area (Å²) in [5, 5.41) is 7.27. The fourth-order valence-electron chi connectivity index (χ4n) is 4.06. The highest BCUT2D eigenvalue weighted by Gasteiger charge is 2.16. The molecule has 0 aliphatic heterocycles. The smallest absolute Gasteiger partial charge is 0.250 e. The molecule has 0 saturated carbocycles. The number of aromatic nitrogens is 4. The molecule has 1 N–H and O–H groups in total. The van der Waals surface area contributed by atoms with E-state index in [1.165, 1.54) is 0 Å². The number of hydrogen-bond acceptors (Lipinski definition) is 6. The van der Waals surface area contributed by atoms with E-state index in [0.717, 1.165) is 35.2 Å². The molecule has 0 fully saturated rings. The summed E-state index contributed by atoms with van der Waals surface area (Å²) in [7, 11) is 0. The Morgan fingerprint density at radius 3 is 2.51 bits per heavy atom. The lowest BCUT2D eigenvalue weighted by molar-refractivity contribution is 0.433. The van der Waals surface area contributed by atoms with Crippen LogP contribution in [0, 0.1) is 6.92 Å². The number of alkyl halides is 1. The fraction of sp³-hybridized carbons (Fsp3) is 0.333. The molecule has 182 valence electrons. The molecule has 3 heterocycles. The predicted molar refractivity (Wildman–Crippen MR) is 135 cm³/mol. The number of aryl methyl sites for hydroxylation is 1. The molecule has 35 heavy (non-hydrogen) atoms. The summed E-state index contributed by atoms with van der Waals surface area (Å²) in [5.41, 5.74) is 5.45. The van der Waals surface area contributed by atoms with Crippen LogP contribution in [0.1, 0.15) is 44.0 Å². The molecule has 0 bridgehead atoms. The maximum atomic E-state index is 12.4. The average Bonchev–Trinajstić information content (AvgIpc) is 3.37. The third-order valence-electron chi connectivity index (χ3n) is 6.12. The Morgan fingerprint density at radius 1 is 1.06 bits per heavy atom. The zero-order valence-corrected chi connectivity index (χ0v) is 20.3. The summed E-state index contributed by atoms with van der Waals surface area (Å²) >= 11 is 0. The second-order valence-electron chi connectivity index (χ2n) is 8.46. The number of nitrogens with zero attached hydrogens (tertiary/aromatic N) is 4. The van der Waals surface area contributed by atoms with Crippen LogP contribution in [0.15, 0.2) is 64.2 Å². The maximum absolute atomic E-state index is 12.4. The number of nitrogens with one attached hydrogen (secondary N) is 1. The number of rotatable bonds is 10. The fourth-order valence-corrected chi connectivity index (χ4v) is 4.06. The van der Waals surface area contributed by atoms with E-state index in [-0.39, 0.29) is 18.3 Å². The molecule has 0 spiro atoms. The van der Waals surface area contributed by atoms with Crippen LogP contribution in [0.25, 0.3) is 34.0 Å². The van der Waals surface area contributed by atoms with Crippen LogP contribution in [-0.4, -0.2) is 32.9 Å². The summed E-state index contributed by atoms with van der Waals surface area (Å²) in [4.78, 5) is 21.7. The first-order chi connectivity index (χ1) is 17.0. The number of halogens is 1. The van der Waals surface area contributed by atoms with Crippen LogP contribution < -0.4 is 10.9 Å². The lowest BCUT2D eigenvalue weighted by Gasteiger charge is -2.17. The zero-order chi connectivity index (χ0) is 24.8. The van der Waals surface area contributed by atoms with E-state index in [0.29, 0.717) is 35.9 Å². The topological polar surface area (TPSA) is 85.8 Å². The van der Waals surface area contributed by atoms with Gasteiger partial charge in [-0.2, -0.15) is 0 Å². The van der Waals surface area contributed by atoms with Crippen molar-refractivity contribution in [2.75, 3.05) is 13.2 Å². The highest BCUT2D eigenvalue weighted by molar-refractivity contribution is 5.68. The molecule has 0 radical (unpaired) electrons. The van der Waals surface area contributed by atoms with Crippen molar-refractivity contribution in [3.05, 3.63) is 76.5 Å². The normalized spacial score (nSPS) is 11.3. The van der Waals surface area contributed by atoms with Crippen molar-refractivity contribution in [1.29, 1.82) is 0 Å². The second kappa shape index (κ2) is 11.2. The van der Waals surface area contributed by atoms with E-state index in [1.807, 2.05) is 43.5 Å². The van der Waals surface area contributed by atoms with Crippen molar-refractivity contribution < 1.29 is 8.91 Å². The molecule has 4 aromatic rings. The van der Waals surface area contributed by atoms with Gasteiger partial charge in [0, 0.05) is 48.6 Å². The Balaban J connectivity index is 1.61. The molecule has 0 atom stereocenters. The molecule has 0 unspecified atom stereocenters. The van der Waals surface area contributed by atoms with E-state index < -0.39 is 0 Å². The van der Waals surface area contributed by atoms with Crippen molar-refractivity contribution >= 4 is 0 Å². The monoisotopic (exact) mass is 475 g/mol. The molecule has 4 rings (SSSR count). The molecule has 0 amide bonds. The number of pyridine rings is 1. The van der Waals surface area contributed by atoms with Crippen molar-refractivity contribution in [3.8, 4) is 34.0 Å². The average molecular weight is 476 g/mol. The lowest BCUT2D eigenvalue weighted by Crippen LogP contribution is -2.23.